The second-order valence-corrected chi connectivity index (χ2v) is 8.13. The molecule has 4 rings (SSSR count). The summed E-state index contributed by atoms with van der Waals surface area (Å²) in [7, 11) is 1.25. The quantitative estimate of drug-likeness (QED) is 0.584. The maximum atomic E-state index is 9.93. The predicted octanol–water partition coefficient (Wildman–Crippen LogP) is 3.83. The standard InChI is InChI=1S/C23H23BN3O2/c1-23(2,3)17-11-12-21-22(15-17)29-24(28-21)27-14-8-6-10-20(27)18(16-25)19-9-5-7-13-26(19)4/h5-15H,1-4H3/q+1. The molecule has 0 amide bonds. The Balaban J connectivity index is 1.73. The maximum Gasteiger partial charge on any atom is 0.996 e. The lowest BCUT2D eigenvalue weighted by Gasteiger charge is -2.19. The van der Waals surface area contributed by atoms with Crippen LogP contribution in [0.1, 0.15) is 32.0 Å². The Bertz CT molecular complexity index is 1090. The summed E-state index contributed by atoms with van der Waals surface area (Å²) in [5.74, 6) is 1.42. The molecule has 0 unspecified atom stereocenters. The van der Waals surface area contributed by atoms with Crippen molar-refractivity contribution >= 4 is 12.8 Å². The third-order valence-corrected chi connectivity index (χ3v) is 5.06. The van der Waals surface area contributed by atoms with Crippen LogP contribution in [0.4, 0.5) is 0 Å². The molecular weight excluding hydrogens is 361 g/mol. The molecule has 2 aliphatic rings. The Morgan fingerprint density at radius 3 is 2.62 bits per heavy atom. The molecule has 0 spiro atoms. The van der Waals surface area contributed by atoms with E-state index in [-0.39, 0.29) is 5.41 Å². The lowest BCUT2D eigenvalue weighted by Crippen LogP contribution is -2.59. The summed E-state index contributed by atoms with van der Waals surface area (Å²) < 4.78 is 14.1. The lowest BCUT2D eigenvalue weighted by atomic mass is 9.87. The molecule has 0 saturated carbocycles. The monoisotopic (exact) mass is 384 g/mol. The number of allylic oxidation sites excluding steroid dienone is 4. The number of aromatic nitrogens is 1. The molecule has 0 N–H and O–H groups in total. The van der Waals surface area contributed by atoms with Crippen molar-refractivity contribution in [2.24, 2.45) is 0 Å². The van der Waals surface area contributed by atoms with Crippen LogP contribution in [0.2, 0.25) is 0 Å². The summed E-state index contributed by atoms with van der Waals surface area (Å²) in [6, 6.07) is 14.1. The molecule has 0 bridgehead atoms. The second-order valence-electron chi connectivity index (χ2n) is 8.13. The van der Waals surface area contributed by atoms with Crippen LogP contribution >= 0.6 is 0 Å². The highest BCUT2D eigenvalue weighted by atomic mass is 16.6. The van der Waals surface area contributed by atoms with E-state index in [4.69, 9.17) is 9.31 Å². The van der Waals surface area contributed by atoms with Crippen LogP contribution in [0.15, 0.2) is 72.7 Å². The fraction of sp³-hybridized carbons (Fsp3) is 0.217. The normalized spacial score (nSPS) is 16.8. The van der Waals surface area contributed by atoms with Crippen molar-refractivity contribution in [3.63, 3.8) is 0 Å². The Kier molecular flexibility index (Phi) is 4.67. The number of benzene rings is 1. The van der Waals surface area contributed by atoms with Crippen LogP contribution in [0, 0.1) is 11.3 Å². The van der Waals surface area contributed by atoms with Crippen LogP contribution in [0.25, 0.3) is 5.57 Å². The fourth-order valence-corrected chi connectivity index (χ4v) is 3.40. The van der Waals surface area contributed by atoms with E-state index in [0.717, 1.165) is 11.4 Å². The third-order valence-electron chi connectivity index (χ3n) is 5.06. The number of fused-ring (bicyclic) bond motifs is 1. The van der Waals surface area contributed by atoms with Crippen LogP contribution in [-0.2, 0) is 5.41 Å². The molecule has 144 valence electrons. The van der Waals surface area contributed by atoms with E-state index in [1.807, 2.05) is 77.4 Å². The van der Waals surface area contributed by atoms with Gasteiger partial charge < -0.3 is 14.2 Å². The number of nitriles is 1. The molecule has 0 radical (unpaired) electrons. The first-order chi connectivity index (χ1) is 13.9. The fourth-order valence-electron chi connectivity index (χ4n) is 3.40. The number of pyridine rings is 1. The van der Waals surface area contributed by atoms with Gasteiger partial charge >= 0.3 is 7.25 Å². The highest BCUT2D eigenvalue weighted by Gasteiger charge is 2.50. The summed E-state index contributed by atoms with van der Waals surface area (Å²) in [6.07, 6.45) is 9.58. The van der Waals surface area contributed by atoms with Gasteiger partial charge in [0.05, 0.1) is 5.70 Å². The Morgan fingerprint density at radius 2 is 1.90 bits per heavy atom. The molecule has 0 fully saturated rings. The van der Waals surface area contributed by atoms with E-state index < -0.39 is 7.25 Å². The van der Waals surface area contributed by atoms with E-state index in [1.165, 1.54) is 5.56 Å². The minimum atomic E-state index is -0.672. The molecule has 2 aliphatic heterocycles. The number of nitrogens with zero attached hydrogens (tertiary/aromatic N) is 3. The van der Waals surface area contributed by atoms with E-state index in [0.29, 0.717) is 17.1 Å². The highest BCUT2D eigenvalue weighted by Crippen LogP contribution is 2.37. The molecule has 1 aromatic carbocycles. The number of hydrogen-bond acceptors (Lipinski definition) is 4. The van der Waals surface area contributed by atoms with Gasteiger partial charge in [-0.05, 0) is 47.4 Å². The minimum absolute atomic E-state index is 0.0192. The number of rotatable bonds is 2. The van der Waals surface area contributed by atoms with Crippen LogP contribution in [-0.4, -0.2) is 19.2 Å². The molecule has 0 aliphatic carbocycles. The van der Waals surface area contributed by atoms with Gasteiger partial charge in [-0.1, -0.05) is 32.9 Å². The van der Waals surface area contributed by atoms with Crippen LogP contribution < -0.4 is 13.8 Å². The molecule has 0 saturated heterocycles. The molecule has 3 heterocycles. The summed E-state index contributed by atoms with van der Waals surface area (Å²) in [6.45, 7) is 6.50. The molecule has 29 heavy (non-hydrogen) atoms. The van der Waals surface area contributed by atoms with Gasteiger partial charge in [-0.3, -0.25) is 0 Å². The molecular formula is C23H23BN3O2+. The Hall–Kier alpha value is -3.46. The molecule has 2 aromatic rings. The summed E-state index contributed by atoms with van der Waals surface area (Å²) in [4.78, 5) is 1.93. The lowest BCUT2D eigenvalue weighted by molar-refractivity contribution is -0.560. The SMILES string of the molecule is CN1C=CC=C/C1=C(\C#N)c1cccc[n+]1B1Oc2ccc(C(C)(C)C)cc2O1. The van der Waals surface area contributed by atoms with Crippen molar-refractivity contribution in [1.29, 1.82) is 5.26 Å². The first-order valence-electron chi connectivity index (χ1n) is 9.59. The average molecular weight is 384 g/mol. The zero-order valence-electron chi connectivity index (χ0n) is 17.1. The van der Waals surface area contributed by atoms with Gasteiger partial charge in [0.15, 0.2) is 6.20 Å². The molecule has 5 nitrogen and oxygen atoms in total. The number of likely N-dealkylation sites (N-methyl/N-ethyl adjacent to an activating group) is 1. The first kappa shape index (κ1) is 18.9. The zero-order valence-corrected chi connectivity index (χ0v) is 17.1. The smallest absolute Gasteiger partial charge is 0.459 e. The van der Waals surface area contributed by atoms with Gasteiger partial charge in [0.2, 0.25) is 5.69 Å². The van der Waals surface area contributed by atoms with Crippen molar-refractivity contribution in [1.82, 2.24) is 4.90 Å². The first-order valence-corrected chi connectivity index (χ1v) is 9.59. The molecule has 6 heteroatoms. The second kappa shape index (κ2) is 7.18. The largest absolute Gasteiger partial charge is 0.996 e. The Morgan fingerprint density at radius 1 is 1.10 bits per heavy atom. The number of hydrogen-bond donors (Lipinski definition) is 0. The topological polar surface area (TPSA) is 49.4 Å². The van der Waals surface area contributed by atoms with Crippen molar-refractivity contribution in [3.8, 4) is 17.6 Å². The summed E-state index contributed by atoms with van der Waals surface area (Å²) >= 11 is 0. The van der Waals surface area contributed by atoms with E-state index in [1.54, 1.807) is 0 Å². The summed E-state index contributed by atoms with van der Waals surface area (Å²) in [5.41, 5.74) is 3.29. The van der Waals surface area contributed by atoms with Crippen molar-refractivity contribution < 1.29 is 13.8 Å². The van der Waals surface area contributed by atoms with Crippen LogP contribution in [0.3, 0.4) is 0 Å². The highest BCUT2D eigenvalue weighted by molar-refractivity contribution is 6.37. The van der Waals surface area contributed by atoms with Gasteiger partial charge in [-0.15, -0.1) is 0 Å². The predicted molar refractivity (Wildman–Crippen MR) is 113 cm³/mol. The van der Waals surface area contributed by atoms with Crippen LogP contribution in [0.5, 0.6) is 11.5 Å². The van der Waals surface area contributed by atoms with Gasteiger partial charge in [-0.2, -0.15) is 9.74 Å². The van der Waals surface area contributed by atoms with Gasteiger partial charge in [-0.25, -0.2) is 0 Å². The zero-order chi connectivity index (χ0) is 20.6. The van der Waals surface area contributed by atoms with Crippen molar-refractivity contribution in [2.75, 3.05) is 7.05 Å². The summed E-state index contributed by atoms with van der Waals surface area (Å²) in [5, 5.41) is 9.93. The molecule has 0 atom stereocenters. The van der Waals surface area contributed by atoms with Gasteiger partial charge in [0.1, 0.15) is 23.1 Å². The Labute approximate surface area is 172 Å². The maximum absolute atomic E-state index is 9.93. The molecule has 1 aromatic heterocycles. The van der Waals surface area contributed by atoms with E-state index in [9.17, 15) is 5.26 Å². The minimum Gasteiger partial charge on any atom is -0.459 e. The van der Waals surface area contributed by atoms with Crippen molar-refractivity contribution in [2.45, 2.75) is 26.2 Å². The van der Waals surface area contributed by atoms with E-state index >= 15 is 0 Å². The van der Waals surface area contributed by atoms with Gasteiger partial charge in [0.25, 0.3) is 0 Å². The third kappa shape index (κ3) is 3.52. The van der Waals surface area contributed by atoms with Crippen molar-refractivity contribution in [3.05, 3.63) is 84.0 Å². The average Bonchev–Trinajstić information content (AvgIpc) is 3.13. The van der Waals surface area contributed by atoms with E-state index in [2.05, 4.69) is 32.9 Å². The van der Waals surface area contributed by atoms with Gasteiger partial charge in [0, 0.05) is 19.3 Å².